The van der Waals surface area contributed by atoms with Gasteiger partial charge < -0.3 is 14.2 Å². The number of benzene rings is 2. The standard InChI is InChI=1S/C17H14O5/c1-20-15(18)10-16(19)22-14-8-9-21-13-7-6-11-4-2-3-5-12(11)17(13)14/h2-8H,9-10H2,1H3. The number of ether oxygens (including phenoxy) is 3. The first-order valence-electron chi connectivity index (χ1n) is 6.81. The third kappa shape index (κ3) is 2.65. The first-order chi connectivity index (χ1) is 10.7. The zero-order chi connectivity index (χ0) is 15.5. The Bertz CT molecular complexity index is 776. The number of carbonyl (C=O) groups is 2. The third-order valence-electron chi connectivity index (χ3n) is 3.38. The lowest BCUT2D eigenvalue weighted by Gasteiger charge is -2.20. The molecule has 0 unspecified atom stereocenters. The molecule has 1 heterocycles. The number of carbonyl (C=O) groups excluding carboxylic acids is 2. The summed E-state index contributed by atoms with van der Waals surface area (Å²) in [6.45, 7) is 0.312. The van der Waals surface area contributed by atoms with Crippen LogP contribution in [0.3, 0.4) is 0 Å². The second kappa shape index (κ2) is 5.89. The third-order valence-corrected chi connectivity index (χ3v) is 3.38. The topological polar surface area (TPSA) is 61.8 Å². The number of esters is 2. The summed E-state index contributed by atoms with van der Waals surface area (Å²) in [5.74, 6) is -0.219. The summed E-state index contributed by atoms with van der Waals surface area (Å²) in [6, 6.07) is 11.5. The van der Waals surface area contributed by atoms with Crippen molar-refractivity contribution in [3.05, 3.63) is 48.0 Å². The monoisotopic (exact) mass is 298 g/mol. The van der Waals surface area contributed by atoms with Crippen molar-refractivity contribution in [2.24, 2.45) is 0 Å². The van der Waals surface area contributed by atoms with Crippen LogP contribution in [0.5, 0.6) is 5.75 Å². The molecule has 0 radical (unpaired) electrons. The first kappa shape index (κ1) is 14.1. The van der Waals surface area contributed by atoms with E-state index in [2.05, 4.69) is 4.74 Å². The zero-order valence-corrected chi connectivity index (χ0v) is 12.0. The number of methoxy groups -OCH3 is 1. The van der Waals surface area contributed by atoms with E-state index in [0.717, 1.165) is 16.3 Å². The maximum absolute atomic E-state index is 11.8. The number of hydrogen-bond donors (Lipinski definition) is 0. The lowest BCUT2D eigenvalue weighted by molar-refractivity contribution is -0.149. The van der Waals surface area contributed by atoms with E-state index in [9.17, 15) is 9.59 Å². The Morgan fingerprint density at radius 1 is 1.14 bits per heavy atom. The van der Waals surface area contributed by atoms with Gasteiger partial charge in [-0.25, -0.2) is 0 Å². The van der Waals surface area contributed by atoms with Crippen LogP contribution in [0.2, 0.25) is 0 Å². The molecule has 22 heavy (non-hydrogen) atoms. The Kier molecular flexibility index (Phi) is 3.78. The van der Waals surface area contributed by atoms with Crippen LogP contribution in [0.1, 0.15) is 12.0 Å². The van der Waals surface area contributed by atoms with Crippen LogP contribution in [-0.2, 0) is 19.1 Å². The maximum atomic E-state index is 11.8. The van der Waals surface area contributed by atoms with Gasteiger partial charge in [0.05, 0.1) is 12.7 Å². The molecule has 112 valence electrons. The van der Waals surface area contributed by atoms with Crippen LogP contribution in [0.4, 0.5) is 0 Å². The number of fused-ring (bicyclic) bond motifs is 3. The SMILES string of the molecule is COC(=O)CC(=O)OC1=CCOc2ccc3ccccc3c21. The fraction of sp³-hybridized carbons (Fsp3) is 0.176. The van der Waals surface area contributed by atoms with Gasteiger partial charge in [0.15, 0.2) is 0 Å². The van der Waals surface area contributed by atoms with Crippen molar-refractivity contribution in [2.75, 3.05) is 13.7 Å². The van der Waals surface area contributed by atoms with Gasteiger partial charge in [0.2, 0.25) is 0 Å². The predicted molar refractivity (Wildman–Crippen MR) is 80.1 cm³/mol. The van der Waals surface area contributed by atoms with E-state index in [1.807, 2.05) is 36.4 Å². The average Bonchev–Trinajstić information content (AvgIpc) is 2.54. The van der Waals surface area contributed by atoms with Crippen LogP contribution in [-0.4, -0.2) is 25.7 Å². The van der Waals surface area contributed by atoms with Gasteiger partial charge >= 0.3 is 11.9 Å². The molecule has 0 aromatic heterocycles. The minimum absolute atomic E-state index is 0.312. The lowest BCUT2D eigenvalue weighted by Crippen LogP contribution is -2.14. The van der Waals surface area contributed by atoms with Gasteiger partial charge in [0, 0.05) is 0 Å². The van der Waals surface area contributed by atoms with Gasteiger partial charge in [0.1, 0.15) is 24.5 Å². The van der Waals surface area contributed by atoms with E-state index in [1.165, 1.54) is 7.11 Å². The van der Waals surface area contributed by atoms with Crippen molar-refractivity contribution in [2.45, 2.75) is 6.42 Å². The minimum Gasteiger partial charge on any atom is -0.489 e. The molecule has 1 aliphatic rings. The molecule has 0 N–H and O–H groups in total. The molecule has 5 heteroatoms. The van der Waals surface area contributed by atoms with E-state index in [0.29, 0.717) is 18.1 Å². The molecule has 2 aromatic rings. The van der Waals surface area contributed by atoms with E-state index < -0.39 is 18.4 Å². The summed E-state index contributed by atoms with van der Waals surface area (Å²) in [4.78, 5) is 23.0. The summed E-state index contributed by atoms with van der Waals surface area (Å²) < 4.78 is 15.4. The smallest absolute Gasteiger partial charge is 0.322 e. The van der Waals surface area contributed by atoms with Gasteiger partial charge in [0.25, 0.3) is 0 Å². The maximum Gasteiger partial charge on any atom is 0.322 e. The molecular formula is C17H14O5. The summed E-state index contributed by atoms with van der Waals surface area (Å²) in [7, 11) is 1.23. The Labute approximate surface area is 127 Å². The van der Waals surface area contributed by atoms with Crippen LogP contribution < -0.4 is 4.74 Å². The van der Waals surface area contributed by atoms with Crippen LogP contribution in [0.15, 0.2) is 42.5 Å². The molecule has 0 amide bonds. The lowest BCUT2D eigenvalue weighted by atomic mass is 10.0. The minimum atomic E-state index is -0.654. The second-order valence-corrected chi connectivity index (χ2v) is 4.77. The number of rotatable bonds is 3. The highest BCUT2D eigenvalue weighted by Gasteiger charge is 2.22. The molecule has 5 nitrogen and oxygen atoms in total. The van der Waals surface area contributed by atoms with Crippen LogP contribution in [0, 0.1) is 0 Å². The van der Waals surface area contributed by atoms with Gasteiger partial charge in [-0.2, -0.15) is 0 Å². The van der Waals surface area contributed by atoms with Crippen molar-refractivity contribution < 1.29 is 23.8 Å². The van der Waals surface area contributed by atoms with Crippen molar-refractivity contribution in [3.8, 4) is 5.75 Å². The van der Waals surface area contributed by atoms with Gasteiger partial charge in [-0.15, -0.1) is 0 Å². The van der Waals surface area contributed by atoms with Crippen molar-refractivity contribution in [3.63, 3.8) is 0 Å². The molecular weight excluding hydrogens is 284 g/mol. The summed E-state index contributed by atoms with van der Waals surface area (Å²) in [6.07, 6.45) is 1.26. The Morgan fingerprint density at radius 3 is 2.77 bits per heavy atom. The van der Waals surface area contributed by atoms with Gasteiger partial charge in [-0.05, 0) is 22.9 Å². The second-order valence-electron chi connectivity index (χ2n) is 4.77. The summed E-state index contributed by atoms with van der Waals surface area (Å²) in [5, 5.41) is 1.94. The average molecular weight is 298 g/mol. The largest absolute Gasteiger partial charge is 0.489 e. The predicted octanol–water partition coefficient (Wildman–Crippen LogP) is 2.68. The molecule has 0 bridgehead atoms. The quantitative estimate of drug-likeness (QED) is 0.644. The highest BCUT2D eigenvalue weighted by Crippen LogP contribution is 2.36. The first-order valence-corrected chi connectivity index (χ1v) is 6.81. The molecule has 0 aliphatic carbocycles. The molecule has 0 spiro atoms. The zero-order valence-electron chi connectivity index (χ0n) is 12.0. The van der Waals surface area contributed by atoms with E-state index in [1.54, 1.807) is 6.08 Å². The van der Waals surface area contributed by atoms with E-state index in [-0.39, 0.29) is 0 Å². The van der Waals surface area contributed by atoms with E-state index >= 15 is 0 Å². The van der Waals surface area contributed by atoms with E-state index in [4.69, 9.17) is 9.47 Å². The summed E-state index contributed by atoms with van der Waals surface area (Å²) in [5.41, 5.74) is 0.725. The number of hydrogen-bond acceptors (Lipinski definition) is 5. The highest BCUT2D eigenvalue weighted by molar-refractivity contribution is 5.99. The highest BCUT2D eigenvalue weighted by atomic mass is 16.6. The molecule has 3 rings (SSSR count). The fourth-order valence-corrected chi connectivity index (χ4v) is 2.38. The Morgan fingerprint density at radius 2 is 1.95 bits per heavy atom. The Balaban J connectivity index is 1.95. The Hall–Kier alpha value is -2.82. The van der Waals surface area contributed by atoms with Gasteiger partial charge in [-0.1, -0.05) is 30.3 Å². The van der Waals surface area contributed by atoms with Crippen molar-refractivity contribution >= 4 is 28.5 Å². The molecule has 0 saturated heterocycles. The molecule has 0 saturated carbocycles. The van der Waals surface area contributed by atoms with Crippen LogP contribution >= 0.6 is 0 Å². The summed E-state index contributed by atoms with van der Waals surface area (Å²) >= 11 is 0. The van der Waals surface area contributed by atoms with Gasteiger partial charge in [-0.3, -0.25) is 9.59 Å². The molecule has 0 atom stereocenters. The fourth-order valence-electron chi connectivity index (χ4n) is 2.38. The molecule has 1 aliphatic heterocycles. The van der Waals surface area contributed by atoms with Crippen molar-refractivity contribution in [1.29, 1.82) is 0 Å². The van der Waals surface area contributed by atoms with Crippen LogP contribution in [0.25, 0.3) is 16.5 Å². The normalized spacial score (nSPS) is 12.9. The molecule has 0 fully saturated rings. The van der Waals surface area contributed by atoms with Crippen molar-refractivity contribution in [1.82, 2.24) is 0 Å². The molecule has 2 aromatic carbocycles.